The van der Waals surface area contributed by atoms with E-state index in [2.05, 4.69) is 43.8 Å². The molecule has 0 unspecified atom stereocenters. The van der Waals surface area contributed by atoms with E-state index in [1.807, 2.05) is 0 Å². The van der Waals surface area contributed by atoms with Crippen LogP contribution in [0.3, 0.4) is 0 Å². The fraction of sp³-hybridized carbons (Fsp3) is 0.848. The molecule has 0 aliphatic rings. The van der Waals surface area contributed by atoms with Gasteiger partial charge in [0, 0.05) is 18.1 Å². The molecular formula is C33H62N+. The summed E-state index contributed by atoms with van der Waals surface area (Å²) in [6.07, 6.45) is 38.4. The van der Waals surface area contributed by atoms with Crippen molar-refractivity contribution in [1.29, 1.82) is 0 Å². The number of hydrogen-bond acceptors (Lipinski definition) is 0. The van der Waals surface area contributed by atoms with Gasteiger partial charge < -0.3 is 0 Å². The van der Waals surface area contributed by atoms with E-state index in [1.54, 1.807) is 11.1 Å². The Bertz CT molecular complexity index is 549. The molecule has 0 bridgehead atoms. The van der Waals surface area contributed by atoms with Crippen LogP contribution >= 0.6 is 0 Å². The number of aromatic nitrogens is 1. The molecule has 198 valence electrons. The fourth-order valence-corrected chi connectivity index (χ4v) is 5.20. The highest BCUT2D eigenvalue weighted by Crippen LogP contribution is 2.17. The lowest BCUT2D eigenvalue weighted by molar-refractivity contribution is -0.697. The molecule has 1 heteroatoms. The molecule has 1 rings (SSSR count). The smallest absolute Gasteiger partial charge is 0.172 e. The van der Waals surface area contributed by atoms with Crippen molar-refractivity contribution in [1.82, 2.24) is 0 Å². The topological polar surface area (TPSA) is 3.88 Å². The monoisotopic (exact) mass is 472 g/mol. The second-order valence-corrected chi connectivity index (χ2v) is 11.0. The van der Waals surface area contributed by atoms with Crippen molar-refractivity contribution in [3.05, 3.63) is 29.6 Å². The van der Waals surface area contributed by atoms with Crippen molar-refractivity contribution >= 4 is 0 Å². The van der Waals surface area contributed by atoms with Gasteiger partial charge in [-0.05, 0) is 37.7 Å². The normalized spacial score (nSPS) is 11.4. The van der Waals surface area contributed by atoms with Gasteiger partial charge in [-0.3, -0.25) is 0 Å². The van der Waals surface area contributed by atoms with Gasteiger partial charge in [0.25, 0.3) is 0 Å². The molecule has 1 heterocycles. The summed E-state index contributed by atoms with van der Waals surface area (Å²) in [5.41, 5.74) is 3.29. The second-order valence-electron chi connectivity index (χ2n) is 11.0. The highest BCUT2D eigenvalue weighted by molar-refractivity contribution is 5.21. The van der Waals surface area contributed by atoms with Crippen LogP contribution in [-0.2, 0) is 19.4 Å². The first-order chi connectivity index (χ1) is 16.8. The van der Waals surface area contributed by atoms with Crippen LogP contribution in [0.4, 0.5) is 0 Å². The lowest BCUT2D eigenvalue weighted by Gasteiger charge is -2.09. The average molecular weight is 473 g/mol. The van der Waals surface area contributed by atoms with Gasteiger partial charge in [-0.2, -0.15) is 0 Å². The Hall–Kier alpha value is -0.850. The van der Waals surface area contributed by atoms with E-state index in [1.165, 1.54) is 161 Å². The molecule has 0 atom stereocenters. The van der Waals surface area contributed by atoms with E-state index in [9.17, 15) is 0 Å². The molecular weight excluding hydrogens is 410 g/mol. The van der Waals surface area contributed by atoms with E-state index in [-0.39, 0.29) is 0 Å². The highest BCUT2D eigenvalue weighted by Gasteiger charge is 2.10. The van der Waals surface area contributed by atoms with Gasteiger partial charge in [0.2, 0.25) is 0 Å². The van der Waals surface area contributed by atoms with Crippen LogP contribution in [0.25, 0.3) is 0 Å². The summed E-state index contributed by atoms with van der Waals surface area (Å²) in [6.45, 7) is 8.13. The molecule has 0 aliphatic carbocycles. The van der Waals surface area contributed by atoms with Crippen LogP contribution in [-0.4, -0.2) is 0 Å². The van der Waals surface area contributed by atoms with Gasteiger partial charge in [-0.25, -0.2) is 4.57 Å². The van der Waals surface area contributed by atoms with Gasteiger partial charge in [0.05, 0.1) is 0 Å². The molecule has 1 aromatic heterocycles. The summed E-state index contributed by atoms with van der Waals surface area (Å²) >= 11 is 0. The van der Waals surface area contributed by atoms with Crippen molar-refractivity contribution in [2.45, 2.75) is 181 Å². The largest absolute Gasteiger partial charge is 0.205 e. The lowest BCUT2D eigenvalue weighted by atomic mass is 9.98. The zero-order valence-corrected chi connectivity index (χ0v) is 23.9. The van der Waals surface area contributed by atoms with Gasteiger partial charge in [0.1, 0.15) is 6.54 Å². The minimum atomic E-state index is 1.21. The quantitative estimate of drug-likeness (QED) is 0.0983. The van der Waals surface area contributed by atoms with Crippen LogP contribution in [0, 0.1) is 0 Å². The summed E-state index contributed by atoms with van der Waals surface area (Å²) in [6, 6.07) is 2.47. The van der Waals surface area contributed by atoms with Crippen LogP contribution in [0.2, 0.25) is 0 Å². The van der Waals surface area contributed by atoms with Crippen molar-refractivity contribution in [2.75, 3.05) is 0 Å². The number of rotatable bonds is 25. The summed E-state index contributed by atoms with van der Waals surface area (Å²) in [5.74, 6) is 0. The maximum Gasteiger partial charge on any atom is 0.172 e. The Morgan fingerprint density at radius 3 is 1.29 bits per heavy atom. The Kier molecular flexibility index (Phi) is 21.9. The lowest BCUT2D eigenvalue weighted by Crippen LogP contribution is -2.34. The maximum atomic E-state index is 2.52. The van der Waals surface area contributed by atoms with Crippen LogP contribution in [0.15, 0.2) is 18.5 Å². The second kappa shape index (κ2) is 23.9. The SMILES string of the molecule is CCCCCCCCCCCC[n+]1ccc(CCCCCCCC)c(CCCCCCCC)c1. The number of nitrogens with zero attached hydrogens (tertiary/aromatic N) is 1. The molecule has 1 nitrogen and oxygen atoms in total. The first-order valence-electron chi connectivity index (χ1n) is 15.8. The van der Waals surface area contributed by atoms with Crippen LogP contribution < -0.4 is 4.57 Å². The predicted molar refractivity (Wildman–Crippen MR) is 153 cm³/mol. The molecule has 0 amide bonds. The van der Waals surface area contributed by atoms with Gasteiger partial charge in [-0.1, -0.05) is 136 Å². The molecule has 34 heavy (non-hydrogen) atoms. The molecule has 0 N–H and O–H groups in total. The Balaban J connectivity index is 2.37. The van der Waals surface area contributed by atoms with Gasteiger partial charge in [0.15, 0.2) is 12.4 Å². The van der Waals surface area contributed by atoms with Crippen LogP contribution in [0.1, 0.15) is 173 Å². The predicted octanol–water partition coefficient (Wildman–Crippen LogP) is 10.7. The van der Waals surface area contributed by atoms with E-state index in [4.69, 9.17) is 0 Å². The van der Waals surface area contributed by atoms with Crippen molar-refractivity contribution in [2.24, 2.45) is 0 Å². The molecule has 0 saturated heterocycles. The Morgan fingerprint density at radius 1 is 0.441 bits per heavy atom. The summed E-state index contributed by atoms with van der Waals surface area (Å²) in [5, 5.41) is 0. The number of aryl methyl sites for hydroxylation is 3. The molecule has 0 saturated carbocycles. The van der Waals surface area contributed by atoms with Gasteiger partial charge >= 0.3 is 0 Å². The summed E-state index contributed by atoms with van der Waals surface area (Å²) in [7, 11) is 0. The number of hydrogen-bond donors (Lipinski definition) is 0. The van der Waals surface area contributed by atoms with Crippen molar-refractivity contribution in [3.63, 3.8) is 0 Å². The minimum Gasteiger partial charge on any atom is -0.205 e. The zero-order chi connectivity index (χ0) is 24.5. The molecule has 1 aromatic rings. The van der Waals surface area contributed by atoms with Gasteiger partial charge in [-0.15, -0.1) is 0 Å². The average Bonchev–Trinajstić information content (AvgIpc) is 2.85. The summed E-state index contributed by atoms with van der Waals surface area (Å²) in [4.78, 5) is 0. The molecule has 0 fully saturated rings. The van der Waals surface area contributed by atoms with E-state index in [0.29, 0.717) is 0 Å². The highest BCUT2D eigenvalue weighted by atomic mass is 14.9. The third kappa shape index (κ3) is 17.6. The van der Waals surface area contributed by atoms with Crippen molar-refractivity contribution < 1.29 is 4.57 Å². The minimum absolute atomic E-state index is 1.21. The number of unbranched alkanes of at least 4 members (excludes halogenated alkanes) is 19. The first kappa shape index (κ1) is 31.2. The Morgan fingerprint density at radius 2 is 0.824 bits per heavy atom. The van der Waals surface area contributed by atoms with E-state index in [0.717, 1.165) is 0 Å². The Labute approximate surface area is 215 Å². The standard InChI is InChI=1S/C33H62N/c1-4-7-10-13-16-17-18-19-22-25-29-34-30-28-32(26-23-20-14-11-8-5-2)33(31-34)27-24-21-15-12-9-6-3/h28,30-31H,4-27,29H2,1-3H3/q+1. The summed E-state index contributed by atoms with van der Waals surface area (Å²) < 4.78 is 2.50. The van der Waals surface area contributed by atoms with Crippen LogP contribution in [0.5, 0.6) is 0 Å². The third-order valence-corrected chi connectivity index (χ3v) is 7.57. The zero-order valence-electron chi connectivity index (χ0n) is 23.9. The third-order valence-electron chi connectivity index (χ3n) is 7.57. The molecule has 0 aromatic carbocycles. The fourth-order valence-electron chi connectivity index (χ4n) is 5.20. The molecule has 0 radical (unpaired) electrons. The maximum absolute atomic E-state index is 2.52. The molecule has 0 aliphatic heterocycles. The first-order valence-corrected chi connectivity index (χ1v) is 15.8. The van der Waals surface area contributed by atoms with E-state index >= 15 is 0 Å². The number of pyridine rings is 1. The molecule has 0 spiro atoms. The van der Waals surface area contributed by atoms with Crippen molar-refractivity contribution in [3.8, 4) is 0 Å². The van der Waals surface area contributed by atoms with E-state index < -0.39 is 0 Å².